The van der Waals surface area contributed by atoms with Gasteiger partial charge in [0.1, 0.15) is 11.2 Å². The van der Waals surface area contributed by atoms with Crippen molar-refractivity contribution in [1.29, 1.82) is 0 Å². The van der Waals surface area contributed by atoms with Crippen LogP contribution in [-0.2, 0) is 0 Å². The normalized spacial score (nSPS) is 11.7. The van der Waals surface area contributed by atoms with Crippen molar-refractivity contribution in [2.24, 2.45) is 0 Å². The summed E-state index contributed by atoms with van der Waals surface area (Å²) in [6, 6.07) is 56.8. The van der Waals surface area contributed by atoms with Crippen LogP contribution in [0.1, 0.15) is 0 Å². The lowest BCUT2D eigenvalue weighted by molar-refractivity contribution is 0.672. The average Bonchev–Trinajstić information content (AvgIpc) is 3.46. The molecule has 0 spiro atoms. The highest BCUT2D eigenvalue weighted by Crippen LogP contribution is 2.44. The minimum atomic E-state index is 0.916. The fraction of sp³-hybridized carbons (Fsp3) is 0. The Kier molecular flexibility index (Phi) is 5.27. The zero-order chi connectivity index (χ0) is 28.3. The molecule has 8 aromatic carbocycles. The molecule has 0 aliphatic carbocycles. The topological polar surface area (TPSA) is 13.1 Å². The van der Waals surface area contributed by atoms with Crippen molar-refractivity contribution < 1.29 is 4.42 Å². The summed E-state index contributed by atoms with van der Waals surface area (Å²) in [6.07, 6.45) is 0. The second-order valence-corrected chi connectivity index (χ2v) is 11.3. The number of rotatable bonds is 3. The summed E-state index contributed by atoms with van der Waals surface area (Å²) < 4.78 is 6.39. The molecule has 1 heteroatoms. The molecule has 0 unspecified atom stereocenters. The van der Waals surface area contributed by atoms with Crippen molar-refractivity contribution in [3.63, 3.8) is 0 Å². The molecule has 0 radical (unpaired) electrons. The van der Waals surface area contributed by atoms with E-state index >= 15 is 0 Å². The van der Waals surface area contributed by atoms with E-state index in [-0.39, 0.29) is 0 Å². The highest BCUT2D eigenvalue weighted by atomic mass is 16.3. The SMILES string of the molecule is c1ccc(-c2c3ccccc3c(-c3cccc(-c4ccc5oc6c7ccccc7ccc6c5c4)c3)c3ccccc23)cc1. The van der Waals surface area contributed by atoms with Gasteiger partial charge in [-0.15, -0.1) is 0 Å². The van der Waals surface area contributed by atoms with Crippen molar-refractivity contribution in [1.82, 2.24) is 0 Å². The van der Waals surface area contributed by atoms with Crippen LogP contribution < -0.4 is 0 Å². The Hall–Kier alpha value is -5.66. The van der Waals surface area contributed by atoms with Gasteiger partial charge in [-0.2, -0.15) is 0 Å². The van der Waals surface area contributed by atoms with Crippen LogP contribution in [-0.4, -0.2) is 0 Å². The van der Waals surface area contributed by atoms with Crippen LogP contribution in [0.5, 0.6) is 0 Å². The Morgan fingerprint density at radius 3 is 1.58 bits per heavy atom. The Morgan fingerprint density at radius 1 is 0.302 bits per heavy atom. The Labute approximate surface area is 249 Å². The Morgan fingerprint density at radius 2 is 0.860 bits per heavy atom. The van der Waals surface area contributed by atoms with Gasteiger partial charge in [0.15, 0.2) is 0 Å². The molecular formula is C42H26O. The van der Waals surface area contributed by atoms with E-state index in [9.17, 15) is 0 Å². The Balaban J connectivity index is 1.26. The summed E-state index contributed by atoms with van der Waals surface area (Å²) >= 11 is 0. The zero-order valence-corrected chi connectivity index (χ0v) is 23.4. The second kappa shape index (κ2) is 9.44. The molecule has 1 nitrogen and oxygen atoms in total. The number of hydrogen-bond donors (Lipinski definition) is 0. The van der Waals surface area contributed by atoms with E-state index < -0.39 is 0 Å². The maximum absolute atomic E-state index is 6.39. The van der Waals surface area contributed by atoms with Crippen LogP contribution in [0.3, 0.4) is 0 Å². The average molecular weight is 547 g/mol. The van der Waals surface area contributed by atoms with Gasteiger partial charge >= 0.3 is 0 Å². The maximum Gasteiger partial charge on any atom is 0.143 e. The first-order chi connectivity index (χ1) is 21.3. The molecule has 9 rings (SSSR count). The van der Waals surface area contributed by atoms with Gasteiger partial charge in [0, 0.05) is 16.2 Å². The van der Waals surface area contributed by atoms with Crippen molar-refractivity contribution in [2.75, 3.05) is 0 Å². The van der Waals surface area contributed by atoms with E-state index in [1.54, 1.807) is 0 Å². The van der Waals surface area contributed by atoms with E-state index in [1.807, 2.05) is 0 Å². The van der Waals surface area contributed by atoms with Crippen molar-refractivity contribution in [3.8, 4) is 33.4 Å². The standard InChI is InChI=1S/C42H26O/c1-2-12-28(13-3-1)40-33-17-6-8-19-35(33)41(36-20-9-7-18-34(36)40)31-15-10-14-29(25-31)30-22-24-39-38(26-30)37-23-21-27-11-4-5-16-32(27)42(37)43-39/h1-26H. The molecule has 1 heterocycles. The lowest BCUT2D eigenvalue weighted by Gasteiger charge is -2.18. The Bertz CT molecular complexity index is 2440. The highest BCUT2D eigenvalue weighted by Gasteiger charge is 2.17. The van der Waals surface area contributed by atoms with Gasteiger partial charge in [-0.1, -0.05) is 133 Å². The van der Waals surface area contributed by atoms with Gasteiger partial charge < -0.3 is 4.42 Å². The van der Waals surface area contributed by atoms with Gasteiger partial charge in [-0.3, -0.25) is 0 Å². The predicted molar refractivity (Wildman–Crippen MR) is 183 cm³/mol. The molecule has 0 aliphatic heterocycles. The fourth-order valence-corrected chi connectivity index (χ4v) is 6.89. The third kappa shape index (κ3) is 3.72. The van der Waals surface area contributed by atoms with Crippen LogP contribution in [0.15, 0.2) is 162 Å². The number of fused-ring (bicyclic) bond motifs is 7. The van der Waals surface area contributed by atoms with E-state index in [0.717, 1.165) is 27.3 Å². The molecule has 200 valence electrons. The van der Waals surface area contributed by atoms with Crippen LogP contribution in [0.4, 0.5) is 0 Å². The maximum atomic E-state index is 6.39. The monoisotopic (exact) mass is 546 g/mol. The minimum absolute atomic E-state index is 0.916. The van der Waals surface area contributed by atoms with E-state index in [2.05, 4.69) is 158 Å². The number of benzene rings is 8. The first-order valence-corrected chi connectivity index (χ1v) is 14.8. The molecule has 0 atom stereocenters. The minimum Gasteiger partial charge on any atom is -0.455 e. The second-order valence-electron chi connectivity index (χ2n) is 11.3. The summed E-state index contributed by atoms with van der Waals surface area (Å²) in [6.45, 7) is 0. The summed E-state index contributed by atoms with van der Waals surface area (Å²) in [5, 5.41) is 9.71. The van der Waals surface area contributed by atoms with Crippen LogP contribution >= 0.6 is 0 Å². The quantitative estimate of drug-likeness (QED) is 0.201. The van der Waals surface area contributed by atoms with Gasteiger partial charge in [-0.05, 0) is 84.6 Å². The van der Waals surface area contributed by atoms with Crippen LogP contribution in [0, 0.1) is 0 Å². The summed E-state index contributed by atoms with van der Waals surface area (Å²) in [5.74, 6) is 0. The van der Waals surface area contributed by atoms with Gasteiger partial charge in [0.25, 0.3) is 0 Å². The first kappa shape index (κ1) is 24.0. The van der Waals surface area contributed by atoms with Crippen LogP contribution in [0.25, 0.3) is 87.6 Å². The molecule has 1 aromatic heterocycles. The highest BCUT2D eigenvalue weighted by molar-refractivity contribution is 6.21. The van der Waals surface area contributed by atoms with E-state index in [1.165, 1.54) is 60.3 Å². The first-order valence-electron chi connectivity index (χ1n) is 14.8. The lowest BCUT2D eigenvalue weighted by Crippen LogP contribution is -1.91. The van der Waals surface area contributed by atoms with Crippen LogP contribution in [0.2, 0.25) is 0 Å². The molecule has 0 fully saturated rings. The molecule has 9 aromatic rings. The molecule has 43 heavy (non-hydrogen) atoms. The summed E-state index contributed by atoms with van der Waals surface area (Å²) in [7, 11) is 0. The van der Waals surface area contributed by atoms with Gasteiger partial charge in [-0.25, -0.2) is 0 Å². The zero-order valence-electron chi connectivity index (χ0n) is 23.4. The van der Waals surface area contributed by atoms with Crippen molar-refractivity contribution in [3.05, 3.63) is 158 Å². The molecule has 0 N–H and O–H groups in total. The molecule has 0 aliphatic rings. The van der Waals surface area contributed by atoms with E-state index in [0.29, 0.717) is 0 Å². The van der Waals surface area contributed by atoms with Crippen molar-refractivity contribution >= 4 is 54.3 Å². The van der Waals surface area contributed by atoms with Crippen molar-refractivity contribution in [2.45, 2.75) is 0 Å². The van der Waals surface area contributed by atoms with E-state index in [4.69, 9.17) is 4.42 Å². The molecule has 0 bridgehead atoms. The largest absolute Gasteiger partial charge is 0.455 e. The third-order valence-corrected chi connectivity index (χ3v) is 8.84. The van der Waals surface area contributed by atoms with Gasteiger partial charge in [0.2, 0.25) is 0 Å². The molecular weight excluding hydrogens is 520 g/mol. The summed E-state index contributed by atoms with van der Waals surface area (Å²) in [5.41, 5.74) is 9.26. The lowest BCUT2D eigenvalue weighted by atomic mass is 9.85. The number of furan rings is 1. The molecule has 0 saturated carbocycles. The summed E-state index contributed by atoms with van der Waals surface area (Å²) in [4.78, 5) is 0. The predicted octanol–water partition coefficient (Wildman–Crippen LogP) is 12.0. The van der Waals surface area contributed by atoms with Gasteiger partial charge in [0.05, 0.1) is 0 Å². The molecule has 0 saturated heterocycles. The molecule has 0 amide bonds. The fourth-order valence-electron chi connectivity index (χ4n) is 6.89. The number of hydrogen-bond acceptors (Lipinski definition) is 1. The smallest absolute Gasteiger partial charge is 0.143 e. The third-order valence-electron chi connectivity index (χ3n) is 8.84.